The number of aromatic hydroxyl groups is 1. The minimum Gasteiger partial charge on any atom is -0.508 e. The van der Waals surface area contributed by atoms with Crippen LogP contribution in [0.5, 0.6) is 5.75 Å². The summed E-state index contributed by atoms with van der Waals surface area (Å²) >= 11 is 0. The standard InChI is InChI=1S/C11H11NO3.C2H6/c1-7-10(12-11(14)15-7)6-8-2-4-9(13)5-3-8;1-2/h2-5,10,13H,1,6H2,(H,12,14);1-2H3. The van der Waals surface area contributed by atoms with Crippen molar-refractivity contribution in [2.75, 3.05) is 0 Å². The van der Waals surface area contributed by atoms with Gasteiger partial charge in [-0.2, -0.15) is 0 Å². The van der Waals surface area contributed by atoms with Crippen molar-refractivity contribution in [3.05, 3.63) is 42.2 Å². The normalized spacial score (nSPS) is 17.9. The molecule has 1 heterocycles. The molecule has 1 saturated heterocycles. The van der Waals surface area contributed by atoms with Gasteiger partial charge in [0.05, 0.1) is 6.04 Å². The molecule has 2 rings (SSSR count). The highest BCUT2D eigenvalue weighted by Gasteiger charge is 2.26. The molecule has 17 heavy (non-hydrogen) atoms. The predicted molar refractivity (Wildman–Crippen MR) is 65.7 cm³/mol. The molecule has 1 unspecified atom stereocenters. The second kappa shape index (κ2) is 5.94. The number of carbonyl (C=O) groups is 1. The van der Waals surface area contributed by atoms with Crippen molar-refractivity contribution in [3.8, 4) is 5.75 Å². The van der Waals surface area contributed by atoms with Gasteiger partial charge in [-0.05, 0) is 17.7 Å². The lowest BCUT2D eigenvalue weighted by atomic mass is 10.1. The number of hydrogen-bond donors (Lipinski definition) is 2. The minimum absolute atomic E-state index is 0.179. The first-order valence-corrected chi connectivity index (χ1v) is 5.60. The average Bonchev–Trinajstić information content (AvgIpc) is 2.63. The van der Waals surface area contributed by atoms with Crippen LogP contribution in [-0.4, -0.2) is 17.2 Å². The zero-order chi connectivity index (χ0) is 12.8. The second-order valence-corrected chi connectivity index (χ2v) is 3.42. The first kappa shape index (κ1) is 13.1. The number of carbonyl (C=O) groups excluding carboxylic acids is 1. The van der Waals surface area contributed by atoms with E-state index in [9.17, 15) is 4.79 Å². The Balaban J connectivity index is 0.000000686. The first-order valence-electron chi connectivity index (χ1n) is 5.60. The van der Waals surface area contributed by atoms with E-state index in [0.29, 0.717) is 12.2 Å². The number of cyclic esters (lactones) is 1. The van der Waals surface area contributed by atoms with Gasteiger partial charge in [0.2, 0.25) is 0 Å². The Morgan fingerprint density at radius 3 is 2.41 bits per heavy atom. The molecule has 2 N–H and O–H groups in total. The largest absolute Gasteiger partial charge is 0.508 e. The lowest BCUT2D eigenvalue weighted by Crippen LogP contribution is -2.27. The van der Waals surface area contributed by atoms with Crippen LogP contribution in [0, 0.1) is 0 Å². The quantitative estimate of drug-likeness (QED) is 0.828. The number of alkyl carbamates (subject to hydrolysis) is 1. The molecule has 1 aromatic carbocycles. The summed E-state index contributed by atoms with van der Waals surface area (Å²) in [4.78, 5) is 10.9. The number of ether oxygens (including phenoxy) is 1. The summed E-state index contributed by atoms with van der Waals surface area (Å²) in [6.45, 7) is 7.64. The first-order chi connectivity index (χ1) is 8.15. The number of hydrogen-bond acceptors (Lipinski definition) is 3. The molecule has 92 valence electrons. The summed E-state index contributed by atoms with van der Waals surface area (Å²) in [6.07, 6.45) is 0.161. The van der Waals surface area contributed by atoms with Gasteiger partial charge in [-0.25, -0.2) is 4.79 Å². The number of phenolic OH excluding ortho intramolecular Hbond substituents is 1. The number of rotatable bonds is 2. The average molecular weight is 235 g/mol. The Bertz CT molecular complexity index is 398. The van der Waals surface area contributed by atoms with Crippen molar-refractivity contribution in [2.45, 2.75) is 26.3 Å². The van der Waals surface area contributed by atoms with Crippen LogP contribution in [-0.2, 0) is 11.2 Å². The van der Waals surface area contributed by atoms with E-state index in [1.165, 1.54) is 0 Å². The van der Waals surface area contributed by atoms with Crippen molar-refractivity contribution in [2.24, 2.45) is 0 Å². The van der Waals surface area contributed by atoms with Crippen LogP contribution in [0.25, 0.3) is 0 Å². The molecule has 1 aliphatic rings. The van der Waals surface area contributed by atoms with Crippen LogP contribution in [0.15, 0.2) is 36.6 Å². The van der Waals surface area contributed by atoms with Gasteiger partial charge in [-0.3, -0.25) is 0 Å². The number of amides is 1. The lowest BCUT2D eigenvalue weighted by molar-refractivity contribution is 0.195. The molecule has 0 aliphatic carbocycles. The highest BCUT2D eigenvalue weighted by atomic mass is 16.6. The summed E-state index contributed by atoms with van der Waals surface area (Å²) < 4.78 is 4.78. The molecule has 0 aromatic heterocycles. The zero-order valence-corrected chi connectivity index (χ0v) is 10.1. The second-order valence-electron chi connectivity index (χ2n) is 3.42. The van der Waals surface area contributed by atoms with E-state index in [-0.39, 0.29) is 11.8 Å². The molecule has 0 saturated carbocycles. The van der Waals surface area contributed by atoms with Crippen molar-refractivity contribution in [1.29, 1.82) is 0 Å². The van der Waals surface area contributed by atoms with E-state index >= 15 is 0 Å². The molecule has 1 atom stereocenters. The van der Waals surface area contributed by atoms with Crippen LogP contribution in [0.2, 0.25) is 0 Å². The fourth-order valence-corrected chi connectivity index (χ4v) is 1.48. The summed E-state index contributed by atoms with van der Waals surface area (Å²) in [7, 11) is 0. The van der Waals surface area contributed by atoms with Gasteiger partial charge in [-0.1, -0.05) is 32.6 Å². The van der Waals surface area contributed by atoms with Crippen LogP contribution in [0.3, 0.4) is 0 Å². The zero-order valence-electron chi connectivity index (χ0n) is 10.1. The predicted octanol–water partition coefficient (Wildman–Crippen LogP) is 2.58. The molecule has 0 radical (unpaired) electrons. The maximum absolute atomic E-state index is 10.9. The summed E-state index contributed by atoms with van der Waals surface area (Å²) in [5, 5.41) is 11.7. The SMILES string of the molecule is C=C1OC(=O)NC1Cc1ccc(O)cc1.CC. The number of nitrogens with one attached hydrogen (secondary N) is 1. The highest BCUT2D eigenvalue weighted by Crippen LogP contribution is 2.17. The number of benzene rings is 1. The summed E-state index contributed by atoms with van der Waals surface area (Å²) in [5.41, 5.74) is 1.00. The van der Waals surface area contributed by atoms with Gasteiger partial charge in [0.1, 0.15) is 11.5 Å². The van der Waals surface area contributed by atoms with E-state index in [0.717, 1.165) is 5.56 Å². The third kappa shape index (κ3) is 3.52. The van der Waals surface area contributed by atoms with Gasteiger partial charge >= 0.3 is 6.09 Å². The monoisotopic (exact) mass is 235 g/mol. The van der Waals surface area contributed by atoms with E-state index < -0.39 is 6.09 Å². The minimum atomic E-state index is -0.455. The smallest absolute Gasteiger partial charge is 0.412 e. The van der Waals surface area contributed by atoms with Gasteiger partial charge in [0.15, 0.2) is 0 Å². The van der Waals surface area contributed by atoms with Crippen LogP contribution >= 0.6 is 0 Å². The Labute approximate surface area is 101 Å². The molecule has 0 bridgehead atoms. The third-order valence-electron chi connectivity index (χ3n) is 2.28. The highest BCUT2D eigenvalue weighted by molar-refractivity contribution is 5.72. The molecular weight excluding hydrogens is 218 g/mol. The van der Waals surface area contributed by atoms with Crippen LogP contribution in [0.4, 0.5) is 4.79 Å². The lowest BCUT2D eigenvalue weighted by Gasteiger charge is -2.07. The van der Waals surface area contributed by atoms with E-state index in [4.69, 9.17) is 9.84 Å². The topological polar surface area (TPSA) is 58.6 Å². The van der Waals surface area contributed by atoms with Crippen molar-refractivity contribution >= 4 is 6.09 Å². The molecular formula is C13H17NO3. The Kier molecular flexibility index (Phi) is 4.57. The summed E-state index contributed by atoms with van der Waals surface area (Å²) in [6, 6.07) is 6.63. The molecule has 1 aromatic rings. The number of phenols is 1. The fraction of sp³-hybridized carbons (Fsp3) is 0.308. The van der Waals surface area contributed by atoms with Gasteiger partial charge < -0.3 is 15.2 Å². The molecule has 1 fully saturated rings. The molecule has 1 amide bonds. The van der Waals surface area contributed by atoms with Gasteiger partial charge in [0, 0.05) is 6.42 Å². The van der Waals surface area contributed by atoms with Crippen LogP contribution < -0.4 is 5.32 Å². The third-order valence-corrected chi connectivity index (χ3v) is 2.28. The van der Waals surface area contributed by atoms with Crippen molar-refractivity contribution in [1.82, 2.24) is 5.32 Å². The Morgan fingerprint density at radius 1 is 1.35 bits per heavy atom. The fourth-order valence-electron chi connectivity index (χ4n) is 1.48. The van der Waals surface area contributed by atoms with Crippen molar-refractivity contribution in [3.63, 3.8) is 0 Å². The Morgan fingerprint density at radius 2 is 1.94 bits per heavy atom. The van der Waals surface area contributed by atoms with E-state index in [1.54, 1.807) is 24.3 Å². The Hall–Kier alpha value is -1.97. The van der Waals surface area contributed by atoms with Gasteiger partial charge in [-0.15, -0.1) is 0 Å². The van der Waals surface area contributed by atoms with E-state index in [1.807, 2.05) is 13.8 Å². The van der Waals surface area contributed by atoms with Gasteiger partial charge in [0.25, 0.3) is 0 Å². The summed E-state index contributed by atoms with van der Waals surface area (Å²) in [5.74, 6) is 0.664. The molecule has 4 heteroatoms. The molecule has 1 aliphatic heterocycles. The van der Waals surface area contributed by atoms with E-state index in [2.05, 4.69) is 11.9 Å². The van der Waals surface area contributed by atoms with Crippen molar-refractivity contribution < 1.29 is 14.6 Å². The maximum atomic E-state index is 10.9. The molecule has 0 spiro atoms. The van der Waals surface area contributed by atoms with Crippen LogP contribution in [0.1, 0.15) is 19.4 Å². The maximum Gasteiger partial charge on any atom is 0.412 e. The molecule has 4 nitrogen and oxygen atoms in total.